The minimum absolute atomic E-state index is 0.0633. The molecule has 0 spiro atoms. The number of sulfonamides is 1. The largest absolute Gasteiger partial charge is 0.495 e. The quantitative estimate of drug-likeness (QED) is 0.514. The molecule has 0 atom stereocenters. The summed E-state index contributed by atoms with van der Waals surface area (Å²) in [5.41, 5.74) is 4.58. The van der Waals surface area contributed by atoms with Crippen LogP contribution in [-0.4, -0.2) is 44.5 Å². The molecule has 19 heavy (non-hydrogen) atoms. The number of rotatable bonds is 6. The van der Waals surface area contributed by atoms with Gasteiger partial charge in [0.25, 0.3) is 0 Å². The number of anilines is 1. The number of hydrogen-bond acceptors (Lipinski definition) is 6. The number of nitrogen functional groups attached to an aromatic ring is 1. The molecule has 8 heteroatoms. The van der Waals surface area contributed by atoms with Crippen LogP contribution in [0.2, 0.25) is 0 Å². The van der Waals surface area contributed by atoms with Gasteiger partial charge in [-0.05, 0) is 19.1 Å². The lowest BCUT2D eigenvalue weighted by atomic mass is 10.1. The van der Waals surface area contributed by atoms with Gasteiger partial charge in [-0.2, -0.15) is 0 Å². The van der Waals surface area contributed by atoms with Gasteiger partial charge >= 0.3 is 0 Å². The third kappa shape index (κ3) is 3.57. The van der Waals surface area contributed by atoms with Crippen molar-refractivity contribution in [3.05, 3.63) is 18.2 Å². The Balaban J connectivity index is 3.14. The van der Waals surface area contributed by atoms with E-state index in [1.165, 1.54) is 32.2 Å². The van der Waals surface area contributed by atoms with Gasteiger partial charge in [-0.3, -0.25) is 0 Å². The maximum atomic E-state index is 12.1. The van der Waals surface area contributed by atoms with Crippen molar-refractivity contribution in [3.8, 4) is 5.75 Å². The summed E-state index contributed by atoms with van der Waals surface area (Å²) in [5.74, 6) is 0.234. The number of hydrogen-bond donors (Lipinski definition) is 4. The fraction of sp³-hybridized carbons (Fsp3) is 0.455. The zero-order valence-electron chi connectivity index (χ0n) is 10.8. The molecule has 0 aliphatic rings. The van der Waals surface area contributed by atoms with E-state index >= 15 is 0 Å². The predicted molar refractivity (Wildman–Crippen MR) is 70.3 cm³/mol. The first kappa shape index (κ1) is 15.7. The van der Waals surface area contributed by atoms with Crippen molar-refractivity contribution < 1.29 is 23.4 Å². The summed E-state index contributed by atoms with van der Waals surface area (Å²) in [4.78, 5) is -0.0633. The molecule has 108 valence electrons. The van der Waals surface area contributed by atoms with Crippen LogP contribution in [0.5, 0.6) is 5.75 Å². The van der Waals surface area contributed by atoms with E-state index in [-0.39, 0.29) is 10.6 Å². The number of nitrogens with one attached hydrogen (secondary N) is 1. The van der Waals surface area contributed by atoms with Crippen molar-refractivity contribution in [1.29, 1.82) is 0 Å². The van der Waals surface area contributed by atoms with Crippen LogP contribution in [0, 0.1) is 0 Å². The van der Waals surface area contributed by atoms with E-state index in [9.17, 15) is 8.42 Å². The molecule has 0 aliphatic carbocycles. The Labute approximate surface area is 112 Å². The van der Waals surface area contributed by atoms with Crippen LogP contribution in [0.15, 0.2) is 23.1 Å². The highest BCUT2D eigenvalue weighted by atomic mass is 32.2. The molecule has 7 nitrogen and oxygen atoms in total. The van der Waals surface area contributed by atoms with Crippen LogP contribution in [0.25, 0.3) is 0 Å². The molecule has 0 bridgehead atoms. The van der Waals surface area contributed by atoms with Crippen LogP contribution in [0.4, 0.5) is 5.69 Å². The van der Waals surface area contributed by atoms with Gasteiger partial charge in [-0.15, -0.1) is 0 Å². The minimum atomic E-state index is -3.90. The summed E-state index contributed by atoms with van der Waals surface area (Å²) < 4.78 is 31.4. The molecule has 0 heterocycles. The average molecular weight is 290 g/mol. The second-order valence-electron chi connectivity index (χ2n) is 4.39. The normalized spacial score (nSPS) is 12.4. The Hall–Kier alpha value is -1.35. The molecule has 0 radical (unpaired) electrons. The summed E-state index contributed by atoms with van der Waals surface area (Å²) in [6.07, 6.45) is 0. The third-order valence-corrected chi connectivity index (χ3v) is 4.23. The Morgan fingerprint density at radius 2 is 1.95 bits per heavy atom. The van der Waals surface area contributed by atoms with E-state index in [1.54, 1.807) is 0 Å². The van der Waals surface area contributed by atoms with Crippen LogP contribution < -0.4 is 15.2 Å². The topological polar surface area (TPSA) is 122 Å². The fourth-order valence-electron chi connectivity index (χ4n) is 1.36. The zero-order chi connectivity index (χ0) is 14.7. The lowest BCUT2D eigenvalue weighted by molar-refractivity contribution is 0.122. The number of methoxy groups -OCH3 is 1. The van der Waals surface area contributed by atoms with Gasteiger partial charge in [0, 0.05) is 6.07 Å². The van der Waals surface area contributed by atoms with Crippen molar-refractivity contribution in [2.75, 3.05) is 26.1 Å². The first-order valence-corrected chi connectivity index (χ1v) is 6.95. The average Bonchev–Trinajstić information content (AvgIpc) is 2.38. The van der Waals surface area contributed by atoms with Crippen LogP contribution >= 0.6 is 0 Å². The van der Waals surface area contributed by atoms with Gasteiger partial charge in [-0.25, -0.2) is 13.1 Å². The first-order valence-electron chi connectivity index (χ1n) is 5.47. The Morgan fingerprint density at radius 3 is 2.42 bits per heavy atom. The van der Waals surface area contributed by atoms with Crippen molar-refractivity contribution in [2.24, 2.45) is 0 Å². The highest BCUT2D eigenvalue weighted by Gasteiger charge is 2.29. The molecule has 0 unspecified atom stereocenters. The van der Waals surface area contributed by atoms with Crippen molar-refractivity contribution >= 4 is 15.7 Å². The van der Waals surface area contributed by atoms with Gasteiger partial charge < -0.3 is 20.7 Å². The van der Waals surface area contributed by atoms with E-state index in [0.717, 1.165) is 0 Å². The molecular weight excluding hydrogens is 272 g/mol. The molecule has 0 aliphatic heterocycles. The summed E-state index contributed by atoms with van der Waals surface area (Å²) in [7, 11) is -2.52. The Kier molecular flexibility index (Phi) is 4.75. The maximum Gasteiger partial charge on any atom is 0.241 e. The molecule has 1 aromatic carbocycles. The van der Waals surface area contributed by atoms with Crippen molar-refractivity contribution in [3.63, 3.8) is 0 Å². The monoisotopic (exact) mass is 290 g/mol. The van der Waals surface area contributed by atoms with Crippen LogP contribution in [0.1, 0.15) is 6.92 Å². The predicted octanol–water partition coefficient (Wildman–Crippen LogP) is -0.701. The standard InChI is InChI=1S/C11H18N2O5S/c1-11(6-14,7-15)13-19(16,17)8-3-4-9(12)10(5-8)18-2/h3-5,13-15H,6-7,12H2,1-2H3. The minimum Gasteiger partial charge on any atom is -0.495 e. The molecule has 0 saturated heterocycles. The number of aliphatic hydroxyl groups is 2. The van der Waals surface area contributed by atoms with Gasteiger partial charge in [0.1, 0.15) is 5.75 Å². The van der Waals surface area contributed by atoms with E-state index < -0.39 is 28.8 Å². The zero-order valence-corrected chi connectivity index (χ0v) is 11.6. The van der Waals surface area contributed by atoms with Gasteiger partial charge in [-0.1, -0.05) is 0 Å². The number of ether oxygens (including phenoxy) is 1. The van der Waals surface area contributed by atoms with E-state index in [1.807, 2.05) is 0 Å². The van der Waals surface area contributed by atoms with Crippen LogP contribution in [-0.2, 0) is 10.0 Å². The Morgan fingerprint density at radius 1 is 1.37 bits per heavy atom. The highest BCUT2D eigenvalue weighted by molar-refractivity contribution is 7.89. The highest BCUT2D eigenvalue weighted by Crippen LogP contribution is 2.25. The Bertz CT molecular complexity index is 540. The molecule has 0 aromatic heterocycles. The second-order valence-corrected chi connectivity index (χ2v) is 6.07. The van der Waals surface area contributed by atoms with Crippen molar-refractivity contribution in [2.45, 2.75) is 17.4 Å². The van der Waals surface area contributed by atoms with Gasteiger partial charge in [0.15, 0.2) is 0 Å². The summed E-state index contributed by atoms with van der Waals surface area (Å²) in [6, 6.07) is 3.99. The van der Waals surface area contributed by atoms with Gasteiger partial charge in [0.2, 0.25) is 10.0 Å². The smallest absolute Gasteiger partial charge is 0.241 e. The third-order valence-electron chi connectivity index (χ3n) is 2.59. The SMILES string of the molecule is COc1cc(S(=O)(=O)NC(C)(CO)CO)ccc1N. The fourth-order valence-corrected chi connectivity index (χ4v) is 2.76. The second kappa shape index (κ2) is 5.74. The molecule has 1 rings (SSSR count). The molecule has 0 fully saturated rings. The molecule has 0 saturated carbocycles. The van der Waals surface area contributed by atoms with Crippen molar-refractivity contribution in [1.82, 2.24) is 4.72 Å². The molecule has 1 aromatic rings. The number of benzene rings is 1. The lowest BCUT2D eigenvalue weighted by Gasteiger charge is -2.25. The summed E-state index contributed by atoms with van der Waals surface area (Å²) >= 11 is 0. The molecule has 0 amide bonds. The van der Waals surface area contributed by atoms with E-state index in [4.69, 9.17) is 20.7 Å². The summed E-state index contributed by atoms with van der Waals surface area (Å²) in [5, 5.41) is 18.2. The van der Waals surface area contributed by atoms with E-state index in [0.29, 0.717) is 5.69 Å². The number of aliphatic hydroxyl groups excluding tert-OH is 2. The lowest BCUT2D eigenvalue weighted by Crippen LogP contribution is -2.51. The van der Waals surface area contributed by atoms with E-state index in [2.05, 4.69) is 4.72 Å². The maximum absolute atomic E-state index is 12.1. The van der Waals surface area contributed by atoms with Crippen LogP contribution in [0.3, 0.4) is 0 Å². The first-order chi connectivity index (χ1) is 8.78. The van der Waals surface area contributed by atoms with Gasteiger partial charge in [0.05, 0.1) is 36.4 Å². The molecule has 5 N–H and O–H groups in total. The summed E-state index contributed by atoms with van der Waals surface area (Å²) in [6.45, 7) is 0.322. The number of nitrogens with two attached hydrogens (primary N) is 1. The molecular formula is C11H18N2O5S.